The number of alkyl halides is 2. The smallest absolute Gasteiger partial charge is 0.345 e. The number of carbonyl (C=O) groups is 1. The highest BCUT2D eigenvalue weighted by atomic mass is 35.5. The Labute approximate surface area is 142 Å². The molecule has 24 heavy (non-hydrogen) atoms. The summed E-state index contributed by atoms with van der Waals surface area (Å²) in [7, 11) is 0. The first kappa shape index (κ1) is 19.0. The lowest BCUT2D eigenvalue weighted by Crippen LogP contribution is -2.38. The summed E-state index contributed by atoms with van der Waals surface area (Å²) in [5.74, 6) is -1.41. The van der Waals surface area contributed by atoms with Crippen molar-refractivity contribution >= 4 is 17.5 Å². The van der Waals surface area contributed by atoms with Crippen molar-refractivity contribution < 1.29 is 27.4 Å². The van der Waals surface area contributed by atoms with Crippen molar-refractivity contribution in [3.8, 4) is 0 Å². The van der Waals surface area contributed by atoms with Crippen LogP contribution in [0, 0.1) is 11.7 Å². The normalized spacial score (nSPS) is 21.5. The van der Waals surface area contributed by atoms with Crippen LogP contribution < -0.4 is 10.6 Å². The van der Waals surface area contributed by atoms with Gasteiger partial charge in [-0.05, 0) is 17.7 Å². The van der Waals surface area contributed by atoms with Gasteiger partial charge in [-0.25, -0.2) is 4.39 Å². The maximum absolute atomic E-state index is 13.7. The van der Waals surface area contributed by atoms with Crippen molar-refractivity contribution in [3.63, 3.8) is 0 Å². The van der Waals surface area contributed by atoms with E-state index >= 15 is 0 Å². The fourth-order valence-electron chi connectivity index (χ4n) is 2.46. The third kappa shape index (κ3) is 5.62. The fraction of sp³-hybridized carbons (Fsp3) is 0.533. The summed E-state index contributed by atoms with van der Waals surface area (Å²) < 4.78 is 47.2. The van der Waals surface area contributed by atoms with E-state index in [1.165, 1.54) is 12.1 Å². The third-order valence-corrected chi connectivity index (χ3v) is 3.89. The zero-order valence-corrected chi connectivity index (χ0v) is 13.5. The molecule has 0 aliphatic carbocycles. The second-order valence-corrected chi connectivity index (χ2v) is 5.71. The highest BCUT2D eigenvalue weighted by Gasteiger charge is 2.27. The zero-order chi connectivity index (χ0) is 17.5. The van der Waals surface area contributed by atoms with Gasteiger partial charge in [0, 0.05) is 25.6 Å². The minimum absolute atomic E-state index is 0.0134. The first-order chi connectivity index (χ1) is 11.5. The maximum Gasteiger partial charge on any atom is 0.345 e. The molecule has 2 rings (SSSR count). The van der Waals surface area contributed by atoms with Gasteiger partial charge < -0.3 is 20.1 Å². The summed E-state index contributed by atoms with van der Waals surface area (Å²) >= 11 is 5.69. The lowest BCUT2D eigenvalue weighted by Gasteiger charge is -2.25. The van der Waals surface area contributed by atoms with Gasteiger partial charge in [-0.15, -0.1) is 0 Å². The minimum atomic E-state index is -3.00. The van der Waals surface area contributed by atoms with E-state index in [1.54, 1.807) is 6.07 Å². The second kappa shape index (κ2) is 9.22. The number of hydrogen-bond donors (Lipinski definition) is 2. The van der Waals surface area contributed by atoms with Crippen LogP contribution in [0.3, 0.4) is 0 Å². The van der Waals surface area contributed by atoms with E-state index in [2.05, 4.69) is 15.4 Å². The van der Waals surface area contributed by atoms with Gasteiger partial charge in [0.15, 0.2) is 0 Å². The van der Waals surface area contributed by atoms with Gasteiger partial charge in [-0.3, -0.25) is 4.79 Å². The summed E-state index contributed by atoms with van der Waals surface area (Å²) in [6.07, 6.45) is -0.455. The van der Waals surface area contributed by atoms with Crippen molar-refractivity contribution in [2.45, 2.75) is 12.7 Å². The van der Waals surface area contributed by atoms with Crippen molar-refractivity contribution in [2.75, 3.05) is 32.8 Å². The van der Waals surface area contributed by atoms with Crippen molar-refractivity contribution in [2.24, 2.45) is 5.92 Å². The van der Waals surface area contributed by atoms with Crippen LogP contribution in [-0.2, 0) is 14.3 Å². The van der Waals surface area contributed by atoms with Gasteiger partial charge in [0.05, 0.1) is 17.7 Å². The molecule has 0 saturated carbocycles. The molecule has 0 bridgehead atoms. The van der Waals surface area contributed by atoms with Gasteiger partial charge in [-0.2, -0.15) is 8.78 Å². The predicted molar refractivity (Wildman–Crippen MR) is 81.4 cm³/mol. The quantitative estimate of drug-likeness (QED) is 0.809. The molecule has 0 spiro atoms. The number of benzene rings is 1. The average molecular weight is 367 g/mol. The lowest BCUT2D eigenvalue weighted by atomic mass is 9.95. The Morgan fingerprint density at radius 3 is 3.00 bits per heavy atom. The number of amides is 1. The molecule has 1 heterocycles. The second-order valence-electron chi connectivity index (χ2n) is 5.30. The number of ether oxygens (including phenoxy) is 2. The molecule has 2 unspecified atom stereocenters. The maximum atomic E-state index is 13.7. The predicted octanol–water partition coefficient (Wildman–Crippen LogP) is 2.11. The Bertz CT molecular complexity index is 563. The molecular weight excluding hydrogens is 349 g/mol. The van der Waals surface area contributed by atoms with Gasteiger partial charge in [-0.1, -0.05) is 17.7 Å². The van der Waals surface area contributed by atoms with Crippen molar-refractivity contribution in [1.29, 1.82) is 0 Å². The van der Waals surface area contributed by atoms with Crippen LogP contribution in [0.4, 0.5) is 13.2 Å². The van der Waals surface area contributed by atoms with Crippen LogP contribution in [0.1, 0.15) is 11.7 Å². The van der Waals surface area contributed by atoms with Crippen molar-refractivity contribution in [3.05, 3.63) is 34.6 Å². The summed E-state index contributed by atoms with van der Waals surface area (Å²) in [5.41, 5.74) is 0.601. The topological polar surface area (TPSA) is 59.6 Å². The van der Waals surface area contributed by atoms with E-state index in [9.17, 15) is 18.0 Å². The number of rotatable bonds is 6. The average Bonchev–Trinajstić information content (AvgIpc) is 2.79. The Morgan fingerprint density at radius 1 is 1.50 bits per heavy atom. The van der Waals surface area contributed by atoms with Crippen LogP contribution in [0.15, 0.2) is 18.2 Å². The van der Waals surface area contributed by atoms with E-state index in [-0.39, 0.29) is 17.5 Å². The molecule has 1 aromatic rings. The van der Waals surface area contributed by atoms with Gasteiger partial charge in [0.1, 0.15) is 12.4 Å². The molecule has 5 nitrogen and oxygen atoms in total. The molecule has 9 heteroatoms. The van der Waals surface area contributed by atoms with E-state index in [0.717, 1.165) is 0 Å². The molecule has 2 atom stereocenters. The molecule has 1 saturated heterocycles. The molecule has 0 radical (unpaired) electrons. The molecule has 1 aliphatic heterocycles. The van der Waals surface area contributed by atoms with Crippen LogP contribution in [0.2, 0.25) is 5.02 Å². The SMILES string of the molecule is O=C(COC(F)F)NCC1CNCCOC1c1ccc(Cl)c(F)c1. The molecule has 1 aromatic carbocycles. The molecule has 134 valence electrons. The monoisotopic (exact) mass is 366 g/mol. The molecular formula is C15H18ClF3N2O3. The lowest BCUT2D eigenvalue weighted by molar-refractivity contribution is -0.152. The van der Waals surface area contributed by atoms with Crippen LogP contribution >= 0.6 is 11.6 Å². The van der Waals surface area contributed by atoms with Crippen LogP contribution in [0.5, 0.6) is 0 Å². The van der Waals surface area contributed by atoms with Gasteiger partial charge >= 0.3 is 6.61 Å². The number of halogens is 4. The van der Waals surface area contributed by atoms with Crippen LogP contribution in [0.25, 0.3) is 0 Å². The molecule has 0 aromatic heterocycles. The first-order valence-electron chi connectivity index (χ1n) is 7.41. The Kier molecular flexibility index (Phi) is 7.29. The largest absolute Gasteiger partial charge is 0.372 e. The highest BCUT2D eigenvalue weighted by molar-refractivity contribution is 6.30. The molecule has 1 amide bonds. The first-order valence-corrected chi connectivity index (χ1v) is 7.79. The fourth-order valence-corrected chi connectivity index (χ4v) is 2.58. The third-order valence-electron chi connectivity index (χ3n) is 3.58. The number of nitrogens with one attached hydrogen (secondary N) is 2. The summed E-state index contributed by atoms with van der Waals surface area (Å²) in [6.45, 7) is -1.99. The van der Waals surface area contributed by atoms with Gasteiger partial charge in [0.25, 0.3) is 0 Å². The van der Waals surface area contributed by atoms with E-state index < -0.39 is 31.0 Å². The highest BCUT2D eigenvalue weighted by Crippen LogP contribution is 2.29. The Morgan fingerprint density at radius 2 is 2.29 bits per heavy atom. The standard InChI is InChI=1S/C15H18ClF3N2O3/c16-11-2-1-9(5-12(11)17)14-10(6-20-3-4-23-14)7-21-13(22)8-24-15(18)19/h1-2,5,10,14-15,20H,3-4,6-8H2,(H,21,22). The van der Waals surface area contributed by atoms with E-state index in [4.69, 9.17) is 16.3 Å². The van der Waals surface area contributed by atoms with Gasteiger partial charge in [0.2, 0.25) is 5.91 Å². The number of carbonyl (C=O) groups excluding carboxylic acids is 1. The Hall–Kier alpha value is -1.35. The molecule has 1 fully saturated rings. The summed E-state index contributed by atoms with van der Waals surface area (Å²) in [4.78, 5) is 11.5. The minimum Gasteiger partial charge on any atom is -0.372 e. The summed E-state index contributed by atoms with van der Waals surface area (Å²) in [6, 6.07) is 4.41. The van der Waals surface area contributed by atoms with Crippen LogP contribution in [-0.4, -0.2) is 45.4 Å². The molecule has 2 N–H and O–H groups in total. The number of hydrogen-bond acceptors (Lipinski definition) is 4. The van der Waals surface area contributed by atoms with E-state index in [0.29, 0.717) is 25.3 Å². The zero-order valence-electron chi connectivity index (χ0n) is 12.7. The Balaban J connectivity index is 2.01. The molecule has 1 aliphatic rings. The van der Waals surface area contributed by atoms with Crippen molar-refractivity contribution in [1.82, 2.24) is 10.6 Å². The van der Waals surface area contributed by atoms with E-state index in [1.807, 2.05) is 0 Å². The summed E-state index contributed by atoms with van der Waals surface area (Å²) in [5, 5.41) is 5.69.